The van der Waals surface area contributed by atoms with Crippen LogP contribution in [0, 0.1) is 13.8 Å². The molecule has 0 bridgehead atoms. The molecule has 0 saturated heterocycles. The summed E-state index contributed by atoms with van der Waals surface area (Å²) in [5.74, 6) is 0. The lowest BCUT2D eigenvalue weighted by molar-refractivity contribution is 0.262. The molecule has 4 nitrogen and oxygen atoms in total. The Morgan fingerprint density at radius 2 is 1.82 bits per heavy atom. The first-order chi connectivity index (χ1) is 10.5. The minimum atomic E-state index is -0.323. The summed E-state index contributed by atoms with van der Waals surface area (Å²) in [5.41, 5.74) is 3.94. The molecule has 22 heavy (non-hydrogen) atoms. The van der Waals surface area contributed by atoms with Crippen LogP contribution in [0.1, 0.15) is 11.1 Å². The molecule has 6 heteroatoms. The van der Waals surface area contributed by atoms with Crippen LogP contribution in [0.4, 0.5) is 15.6 Å². The predicted octanol–water partition coefficient (Wildman–Crippen LogP) is 5.21. The first-order valence-electron chi connectivity index (χ1n) is 6.73. The van der Waals surface area contributed by atoms with Gasteiger partial charge in [0.1, 0.15) is 0 Å². The van der Waals surface area contributed by atoms with E-state index in [0.717, 1.165) is 15.8 Å². The Labute approximate surface area is 137 Å². The molecule has 1 heterocycles. The maximum atomic E-state index is 12.0. The quantitative estimate of drug-likeness (QED) is 0.677. The van der Waals surface area contributed by atoms with Gasteiger partial charge in [0.15, 0.2) is 5.13 Å². The highest BCUT2D eigenvalue weighted by Crippen LogP contribution is 2.29. The molecule has 3 aromatic rings. The Bertz CT molecular complexity index is 842. The second-order valence-electron chi connectivity index (χ2n) is 4.96. The molecular weight excluding hydrogens is 318 g/mol. The second kappa shape index (κ2) is 5.94. The van der Waals surface area contributed by atoms with Gasteiger partial charge in [0.2, 0.25) is 0 Å². The third-order valence-corrected chi connectivity index (χ3v) is 4.60. The molecule has 0 unspecified atom stereocenters. The molecular formula is C16H14ClN3OS. The van der Waals surface area contributed by atoms with Gasteiger partial charge in [0.25, 0.3) is 0 Å². The van der Waals surface area contributed by atoms with Crippen molar-refractivity contribution < 1.29 is 4.79 Å². The van der Waals surface area contributed by atoms with Gasteiger partial charge in [-0.3, -0.25) is 5.32 Å². The number of rotatable bonds is 2. The van der Waals surface area contributed by atoms with Gasteiger partial charge in [0, 0.05) is 10.7 Å². The van der Waals surface area contributed by atoms with Gasteiger partial charge in [-0.15, -0.1) is 0 Å². The summed E-state index contributed by atoms with van der Waals surface area (Å²) in [6.07, 6.45) is 0. The van der Waals surface area contributed by atoms with Crippen LogP contribution >= 0.6 is 22.9 Å². The summed E-state index contributed by atoms with van der Waals surface area (Å²) in [4.78, 5) is 16.5. The summed E-state index contributed by atoms with van der Waals surface area (Å²) < 4.78 is 1.06. The second-order valence-corrected chi connectivity index (χ2v) is 6.43. The van der Waals surface area contributed by atoms with Crippen molar-refractivity contribution in [2.75, 3.05) is 10.6 Å². The van der Waals surface area contributed by atoms with Gasteiger partial charge in [0.05, 0.1) is 10.2 Å². The number of benzene rings is 2. The molecule has 1 aromatic heterocycles. The molecule has 0 aliphatic rings. The monoisotopic (exact) mass is 331 g/mol. The number of thiazole rings is 1. The molecule has 2 amide bonds. The van der Waals surface area contributed by atoms with Crippen molar-refractivity contribution in [3.63, 3.8) is 0 Å². The van der Waals surface area contributed by atoms with E-state index < -0.39 is 0 Å². The Hall–Kier alpha value is -2.11. The van der Waals surface area contributed by atoms with Crippen molar-refractivity contribution >= 4 is 50.0 Å². The first kappa shape index (κ1) is 14.8. The van der Waals surface area contributed by atoms with Crippen LogP contribution in [0.2, 0.25) is 5.02 Å². The molecule has 112 valence electrons. The van der Waals surface area contributed by atoms with E-state index in [-0.39, 0.29) is 6.03 Å². The average molecular weight is 332 g/mol. The normalized spacial score (nSPS) is 10.7. The molecule has 0 aliphatic heterocycles. The number of urea groups is 1. The van der Waals surface area contributed by atoms with Gasteiger partial charge in [-0.1, -0.05) is 29.0 Å². The molecule has 0 fully saturated rings. The number of nitrogens with one attached hydrogen (secondary N) is 2. The van der Waals surface area contributed by atoms with Gasteiger partial charge in [-0.25, -0.2) is 9.78 Å². The average Bonchev–Trinajstić information content (AvgIpc) is 2.89. The van der Waals surface area contributed by atoms with Crippen molar-refractivity contribution in [1.29, 1.82) is 0 Å². The predicted molar refractivity (Wildman–Crippen MR) is 93.2 cm³/mol. The van der Waals surface area contributed by atoms with Gasteiger partial charge < -0.3 is 5.32 Å². The lowest BCUT2D eigenvalue weighted by atomic mass is 10.1. The SMILES string of the molecule is Cc1ccc2sc(NC(=O)Nc3ccc(Cl)cc3)nc2c1C. The van der Waals surface area contributed by atoms with E-state index in [1.54, 1.807) is 24.3 Å². The maximum Gasteiger partial charge on any atom is 0.325 e. The third kappa shape index (κ3) is 3.05. The fraction of sp³-hybridized carbons (Fsp3) is 0.125. The Morgan fingerprint density at radius 3 is 2.55 bits per heavy atom. The fourth-order valence-corrected chi connectivity index (χ4v) is 3.12. The summed E-state index contributed by atoms with van der Waals surface area (Å²) in [6.45, 7) is 4.09. The zero-order valence-corrected chi connectivity index (χ0v) is 13.7. The van der Waals surface area contributed by atoms with E-state index in [2.05, 4.69) is 28.6 Å². The van der Waals surface area contributed by atoms with Crippen molar-refractivity contribution in [2.45, 2.75) is 13.8 Å². The molecule has 2 N–H and O–H groups in total. The summed E-state index contributed by atoms with van der Waals surface area (Å²) in [5, 5.41) is 6.72. The van der Waals surface area contributed by atoms with Crippen molar-refractivity contribution in [3.8, 4) is 0 Å². The van der Waals surface area contributed by atoms with Crippen molar-refractivity contribution in [2.24, 2.45) is 0 Å². The molecule has 2 aromatic carbocycles. The van der Waals surface area contributed by atoms with Crippen LogP contribution in [0.25, 0.3) is 10.2 Å². The van der Waals surface area contributed by atoms with Crippen LogP contribution in [0.3, 0.4) is 0 Å². The van der Waals surface area contributed by atoms with E-state index >= 15 is 0 Å². The molecule has 0 saturated carbocycles. The molecule has 0 radical (unpaired) electrons. The Balaban J connectivity index is 1.76. The van der Waals surface area contributed by atoms with E-state index in [9.17, 15) is 4.79 Å². The minimum Gasteiger partial charge on any atom is -0.308 e. The van der Waals surface area contributed by atoms with Gasteiger partial charge in [-0.2, -0.15) is 0 Å². The zero-order valence-electron chi connectivity index (χ0n) is 12.1. The number of halogens is 1. The Morgan fingerprint density at radius 1 is 1.09 bits per heavy atom. The van der Waals surface area contributed by atoms with Gasteiger partial charge in [-0.05, 0) is 55.3 Å². The van der Waals surface area contributed by atoms with Crippen LogP contribution in [0.5, 0.6) is 0 Å². The summed E-state index contributed by atoms with van der Waals surface area (Å²) >= 11 is 7.27. The smallest absolute Gasteiger partial charge is 0.308 e. The fourth-order valence-electron chi connectivity index (χ4n) is 2.07. The highest BCUT2D eigenvalue weighted by molar-refractivity contribution is 7.22. The number of carbonyl (C=O) groups excluding carboxylic acids is 1. The number of fused-ring (bicyclic) bond motifs is 1. The van der Waals surface area contributed by atoms with Crippen LogP contribution < -0.4 is 10.6 Å². The minimum absolute atomic E-state index is 0.323. The number of carbonyl (C=O) groups is 1. The number of amides is 2. The van der Waals surface area contributed by atoms with Crippen LogP contribution in [0.15, 0.2) is 36.4 Å². The van der Waals surface area contributed by atoms with E-state index in [4.69, 9.17) is 11.6 Å². The van der Waals surface area contributed by atoms with Gasteiger partial charge >= 0.3 is 6.03 Å². The summed E-state index contributed by atoms with van der Waals surface area (Å²) in [6, 6.07) is 10.7. The van der Waals surface area contributed by atoms with E-state index in [1.807, 2.05) is 13.0 Å². The largest absolute Gasteiger partial charge is 0.325 e. The lowest BCUT2D eigenvalue weighted by Crippen LogP contribution is -2.19. The third-order valence-electron chi connectivity index (χ3n) is 3.41. The van der Waals surface area contributed by atoms with Crippen molar-refractivity contribution in [1.82, 2.24) is 4.98 Å². The number of aromatic nitrogens is 1. The highest BCUT2D eigenvalue weighted by atomic mass is 35.5. The number of nitrogens with zero attached hydrogens (tertiary/aromatic N) is 1. The lowest BCUT2D eigenvalue weighted by Gasteiger charge is -2.05. The highest BCUT2D eigenvalue weighted by Gasteiger charge is 2.10. The zero-order chi connectivity index (χ0) is 15.7. The van der Waals surface area contributed by atoms with Crippen molar-refractivity contribution in [3.05, 3.63) is 52.5 Å². The molecule has 0 spiro atoms. The maximum absolute atomic E-state index is 12.0. The standard InChI is InChI=1S/C16H14ClN3OS/c1-9-3-8-13-14(10(9)2)19-16(22-13)20-15(21)18-12-6-4-11(17)5-7-12/h3-8H,1-2H3,(H2,18,19,20,21). The topological polar surface area (TPSA) is 54.0 Å². The molecule has 0 atom stereocenters. The van der Waals surface area contributed by atoms with E-state index in [1.165, 1.54) is 16.9 Å². The Kier molecular flexibility index (Phi) is 4.00. The number of hydrogen-bond acceptors (Lipinski definition) is 3. The number of hydrogen-bond donors (Lipinski definition) is 2. The van der Waals surface area contributed by atoms with E-state index in [0.29, 0.717) is 15.8 Å². The summed E-state index contributed by atoms with van der Waals surface area (Å²) in [7, 11) is 0. The molecule has 3 rings (SSSR count). The number of anilines is 2. The molecule has 0 aliphatic carbocycles. The number of aryl methyl sites for hydroxylation is 2. The van der Waals surface area contributed by atoms with Crippen LogP contribution in [-0.4, -0.2) is 11.0 Å². The first-order valence-corrected chi connectivity index (χ1v) is 7.93. The van der Waals surface area contributed by atoms with Crippen LogP contribution in [-0.2, 0) is 0 Å².